The molecule has 0 aliphatic rings. The molecule has 24 heavy (non-hydrogen) atoms. The number of hydrogen-bond donors (Lipinski definition) is 1. The Hall–Kier alpha value is -2.26. The van der Waals surface area contributed by atoms with Crippen LogP contribution in [0.1, 0.15) is 29.7 Å². The van der Waals surface area contributed by atoms with Crippen LogP contribution in [0.4, 0.5) is 5.69 Å². The maximum atomic E-state index is 12.8. The summed E-state index contributed by atoms with van der Waals surface area (Å²) in [6.45, 7) is 8.01. The lowest BCUT2D eigenvalue weighted by atomic mass is 10.0. The Kier molecular flexibility index (Phi) is 4.37. The standard InChI is InChI=1S/C20H21ClN2O/c1-12-9-13(2)19(14(3)10-12)22-20(24)15(4)23-8-7-16-11-17(21)5-6-18(16)23/h5-11,15H,1-4H3,(H,22,24). The highest BCUT2D eigenvalue weighted by Crippen LogP contribution is 2.26. The van der Waals surface area contributed by atoms with Crippen molar-refractivity contribution in [3.8, 4) is 0 Å². The first kappa shape index (κ1) is 16.6. The number of amides is 1. The van der Waals surface area contributed by atoms with Crippen molar-refractivity contribution >= 4 is 34.1 Å². The summed E-state index contributed by atoms with van der Waals surface area (Å²) in [4.78, 5) is 12.8. The van der Waals surface area contributed by atoms with Crippen molar-refractivity contribution in [2.24, 2.45) is 0 Å². The maximum absolute atomic E-state index is 12.8. The second-order valence-electron chi connectivity index (χ2n) is 6.37. The molecule has 1 aromatic heterocycles. The van der Waals surface area contributed by atoms with Crippen molar-refractivity contribution in [3.05, 3.63) is 64.3 Å². The fraction of sp³-hybridized carbons (Fsp3) is 0.250. The Labute approximate surface area is 147 Å². The van der Waals surface area contributed by atoms with Crippen LogP contribution in [0.3, 0.4) is 0 Å². The number of benzene rings is 2. The normalized spacial score (nSPS) is 12.4. The minimum atomic E-state index is -0.316. The van der Waals surface area contributed by atoms with Crippen LogP contribution in [0.25, 0.3) is 10.9 Å². The van der Waals surface area contributed by atoms with Gasteiger partial charge in [-0.15, -0.1) is 0 Å². The summed E-state index contributed by atoms with van der Waals surface area (Å²) < 4.78 is 1.97. The van der Waals surface area contributed by atoms with Crippen LogP contribution in [0.5, 0.6) is 0 Å². The van der Waals surface area contributed by atoms with Gasteiger partial charge in [0.2, 0.25) is 5.91 Å². The van der Waals surface area contributed by atoms with Crippen molar-refractivity contribution in [2.45, 2.75) is 33.7 Å². The number of nitrogens with zero attached hydrogens (tertiary/aromatic N) is 1. The number of aromatic nitrogens is 1. The fourth-order valence-corrected chi connectivity index (χ4v) is 3.38. The summed E-state index contributed by atoms with van der Waals surface area (Å²) >= 11 is 6.04. The fourth-order valence-electron chi connectivity index (χ4n) is 3.20. The molecule has 1 unspecified atom stereocenters. The van der Waals surface area contributed by atoms with Gasteiger partial charge in [0.1, 0.15) is 6.04 Å². The Bertz CT molecular complexity index is 904. The van der Waals surface area contributed by atoms with Crippen molar-refractivity contribution in [1.82, 2.24) is 4.57 Å². The van der Waals surface area contributed by atoms with Crippen molar-refractivity contribution in [3.63, 3.8) is 0 Å². The topological polar surface area (TPSA) is 34.0 Å². The molecule has 0 radical (unpaired) electrons. The van der Waals surface area contributed by atoms with Gasteiger partial charge >= 0.3 is 0 Å². The van der Waals surface area contributed by atoms with E-state index in [2.05, 4.69) is 24.4 Å². The van der Waals surface area contributed by atoms with E-state index in [1.807, 2.05) is 55.8 Å². The first-order valence-electron chi connectivity index (χ1n) is 8.01. The van der Waals surface area contributed by atoms with Gasteiger partial charge in [0, 0.05) is 27.8 Å². The number of nitrogens with one attached hydrogen (secondary N) is 1. The number of aryl methyl sites for hydroxylation is 3. The number of carbonyl (C=O) groups is 1. The molecule has 3 aromatic rings. The van der Waals surface area contributed by atoms with E-state index < -0.39 is 0 Å². The maximum Gasteiger partial charge on any atom is 0.247 e. The van der Waals surface area contributed by atoms with E-state index in [0.29, 0.717) is 5.02 Å². The van der Waals surface area contributed by atoms with Crippen LogP contribution in [-0.4, -0.2) is 10.5 Å². The van der Waals surface area contributed by atoms with Crippen molar-refractivity contribution < 1.29 is 4.79 Å². The monoisotopic (exact) mass is 340 g/mol. The van der Waals surface area contributed by atoms with Crippen LogP contribution in [0, 0.1) is 20.8 Å². The molecular weight excluding hydrogens is 320 g/mol. The van der Waals surface area contributed by atoms with Crippen molar-refractivity contribution in [2.75, 3.05) is 5.32 Å². The zero-order valence-electron chi connectivity index (χ0n) is 14.4. The molecule has 0 fully saturated rings. The number of hydrogen-bond acceptors (Lipinski definition) is 1. The summed E-state index contributed by atoms with van der Waals surface area (Å²) in [7, 11) is 0. The van der Waals surface area contributed by atoms with Gasteiger partial charge < -0.3 is 9.88 Å². The molecule has 0 saturated carbocycles. The first-order chi connectivity index (χ1) is 11.4. The van der Waals surface area contributed by atoms with Crippen LogP contribution in [0.2, 0.25) is 5.02 Å². The smallest absolute Gasteiger partial charge is 0.247 e. The van der Waals surface area contributed by atoms with Gasteiger partial charge in [0.25, 0.3) is 0 Å². The van der Waals surface area contributed by atoms with Crippen LogP contribution >= 0.6 is 11.6 Å². The highest BCUT2D eigenvalue weighted by molar-refractivity contribution is 6.31. The lowest BCUT2D eigenvalue weighted by molar-refractivity contribution is -0.118. The van der Waals surface area contributed by atoms with E-state index in [4.69, 9.17) is 11.6 Å². The van der Waals surface area contributed by atoms with Gasteiger partial charge in [-0.25, -0.2) is 0 Å². The minimum absolute atomic E-state index is 0.0301. The number of rotatable bonds is 3. The Balaban J connectivity index is 1.90. The molecular formula is C20H21ClN2O. The molecule has 4 heteroatoms. The van der Waals surface area contributed by atoms with Crippen molar-refractivity contribution in [1.29, 1.82) is 0 Å². The lowest BCUT2D eigenvalue weighted by Gasteiger charge is -2.18. The summed E-state index contributed by atoms with van der Waals surface area (Å²) in [6.07, 6.45) is 1.93. The molecule has 3 nitrogen and oxygen atoms in total. The van der Waals surface area contributed by atoms with Gasteiger partial charge in [-0.2, -0.15) is 0 Å². The van der Waals surface area contributed by atoms with E-state index in [9.17, 15) is 4.79 Å². The van der Waals surface area contributed by atoms with Crippen LogP contribution in [0.15, 0.2) is 42.6 Å². The van der Waals surface area contributed by atoms with Gasteiger partial charge in [-0.3, -0.25) is 4.79 Å². The number of fused-ring (bicyclic) bond motifs is 1. The highest BCUT2D eigenvalue weighted by atomic mass is 35.5. The number of anilines is 1. The zero-order valence-corrected chi connectivity index (χ0v) is 15.1. The molecule has 0 aliphatic heterocycles. The van der Waals surface area contributed by atoms with Gasteiger partial charge in [0.05, 0.1) is 0 Å². The molecule has 3 rings (SSSR count). The SMILES string of the molecule is Cc1cc(C)c(NC(=O)C(C)n2ccc3cc(Cl)ccc32)c(C)c1. The minimum Gasteiger partial charge on any atom is -0.335 e. The second-order valence-corrected chi connectivity index (χ2v) is 6.80. The average molecular weight is 341 g/mol. The highest BCUT2D eigenvalue weighted by Gasteiger charge is 2.18. The molecule has 0 spiro atoms. The molecule has 124 valence electrons. The Morgan fingerprint density at radius 2 is 1.75 bits per heavy atom. The predicted octanol–water partition coefficient (Wildman–Crippen LogP) is 5.42. The van der Waals surface area contributed by atoms with E-state index in [-0.39, 0.29) is 11.9 Å². The quantitative estimate of drug-likeness (QED) is 0.678. The van der Waals surface area contributed by atoms with Crippen LogP contribution < -0.4 is 5.32 Å². The molecule has 2 aromatic carbocycles. The molecule has 1 amide bonds. The second kappa shape index (κ2) is 6.33. The third kappa shape index (κ3) is 3.04. The molecule has 1 N–H and O–H groups in total. The largest absolute Gasteiger partial charge is 0.335 e. The number of halogens is 1. The molecule has 1 heterocycles. The first-order valence-corrected chi connectivity index (χ1v) is 8.39. The molecule has 1 atom stereocenters. The Morgan fingerprint density at radius 3 is 2.42 bits per heavy atom. The van der Waals surface area contributed by atoms with Crippen LogP contribution in [-0.2, 0) is 4.79 Å². The third-order valence-corrected chi connectivity index (χ3v) is 4.64. The average Bonchev–Trinajstić information content (AvgIpc) is 2.92. The Morgan fingerprint density at radius 1 is 1.08 bits per heavy atom. The molecule has 0 bridgehead atoms. The van der Waals surface area contributed by atoms with E-state index in [0.717, 1.165) is 27.7 Å². The predicted molar refractivity (Wildman–Crippen MR) is 101 cm³/mol. The van der Waals surface area contributed by atoms with Gasteiger partial charge in [-0.1, -0.05) is 29.3 Å². The molecule has 0 aliphatic carbocycles. The summed E-state index contributed by atoms with van der Waals surface area (Å²) in [5.41, 5.74) is 5.26. The van der Waals surface area contributed by atoms with E-state index in [1.54, 1.807) is 0 Å². The van der Waals surface area contributed by atoms with E-state index in [1.165, 1.54) is 5.56 Å². The summed E-state index contributed by atoms with van der Waals surface area (Å²) in [5, 5.41) is 4.81. The van der Waals surface area contributed by atoms with Gasteiger partial charge in [0.15, 0.2) is 0 Å². The summed E-state index contributed by atoms with van der Waals surface area (Å²) in [6, 6.07) is 11.5. The van der Waals surface area contributed by atoms with E-state index >= 15 is 0 Å². The summed E-state index contributed by atoms with van der Waals surface area (Å²) in [5.74, 6) is -0.0301. The lowest BCUT2D eigenvalue weighted by Crippen LogP contribution is -2.24. The van der Waals surface area contributed by atoms with Gasteiger partial charge in [-0.05, 0) is 63.1 Å². The number of carbonyl (C=O) groups excluding carboxylic acids is 1. The zero-order chi connectivity index (χ0) is 17.4. The third-order valence-electron chi connectivity index (χ3n) is 4.40. The molecule has 0 saturated heterocycles.